The Morgan fingerprint density at radius 2 is 1.62 bits per heavy atom. The Balaban J connectivity index is 1.25. The van der Waals surface area contributed by atoms with Crippen molar-refractivity contribution in [1.82, 2.24) is 10.6 Å². The second-order valence-electron chi connectivity index (χ2n) is 16.1. The number of methoxy groups -OCH3 is 1. The first-order valence-electron chi connectivity index (χ1n) is 19.3. The Labute approximate surface area is 336 Å². The van der Waals surface area contributed by atoms with E-state index in [-0.39, 0.29) is 71.7 Å². The molecular weight excluding hydrogens is 760 g/mol. The van der Waals surface area contributed by atoms with Crippen molar-refractivity contribution in [3.05, 3.63) is 51.6 Å². The number of aliphatic hydroxyl groups is 3. The zero-order valence-corrected chi connectivity index (χ0v) is 33.4. The van der Waals surface area contributed by atoms with E-state index in [1.807, 2.05) is 0 Å². The van der Waals surface area contributed by atoms with E-state index in [2.05, 4.69) is 31.4 Å². The maximum Gasteiger partial charge on any atom is 0.220 e. The van der Waals surface area contributed by atoms with E-state index in [0.29, 0.717) is 19.8 Å². The second kappa shape index (κ2) is 18.6. The normalized spacial score (nSPS) is 24.0. The first kappa shape index (κ1) is 44.6. The summed E-state index contributed by atoms with van der Waals surface area (Å²) in [7, 11) is 1.30. The van der Waals surface area contributed by atoms with Crippen LogP contribution in [0.2, 0.25) is 0 Å². The molecule has 1 fully saturated rings. The summed E-state index contributed by atoms with van der Waals surface area (Å²) in [5.74, 6) is -5.05. The molecule has 5 rings (SSSR count). The lowest BCUT2D eigenvalue weighted by molar-refractivity contribution is -0.249. The van der Waals surface area contributed by atoms with Crippen LogP contribution in [-0.2, 0) is 39.8 Å². The number of phenolic OH excluding ortho intramolecular Hbond substituents is 2. The number of aliphatic hydroxyl groups excluding tert-OH is 2. The highest BCUT2D eigenvalue weighted by molar-refractivity contribution is 6.31. The third-order valence-corrected chi connectivity index (χ3v) is 10.6. The van der Waals surface area contributed by atoms with Gasteiger partial charge < -0.3 is 59.9 Å². The number of amides is 2. The van der Waals surface area contributed by atoms with E-state index in [1.54, 1.807) is 0 Å². The highest BCUT2D eigenvalue weighted by atomic mass is 16.7. The molecule has 1 heterocycles. The zero-order chi connectivity index (χ0) is 42.5. The average Bonchev–Trinajstić information content (AvgIpc) is 3.17. The summed E-state index contributed by atoms with van der Waals surface area (Å²) in [6.45, 7) is 8.79. The number of carbonyl (C=O) groups excluding carboxylic acids is 5. The Morgan fingerprint density at radius 1 is 0.948 bits per heavy atom. The van der Waals surface area contributed by atoms with Gasteiger partial charge in [-0.25, -0.2) is 0 Å². The summed E-state index contributed by atoms with van der Waals surface area (Å²) in [4.78, 5) is 65.9. The molecule has 2 aromatic rings. The van der Waals surface area contributed by atoms with Crippen molar-refractivity contribution in [3.63, 3.8) is 0 Å². The molecule has 1 saturated heterocycles. The summed E-state index contributed by atoms with van der Waals surface area (Å²) in [5.41, 5.74) is -3.93. The molecule has 17 heteroatoms. The molecule has 58 heavy (non-hydrogen) atoms. The van der Waals surface area contributed by atoms with Crippen molar-refractivity contribution < 1.29 is 73.2 Å². The molecule has 3 aliphatic rings. The molecule has 1 unspecified atom stereocenters. The summed E-state index contributed by atoms with van der Waals surface area (Å²) >= 11 is 0. The van der Waals surface area contributed by atoms with E-state index in [1.165, 1.54) is 32.2 Å². The molecular formula is C41H54N2O15. The summed E-state index contributed by atoms with van der Waals surface area (Å²) in [5, 5.41) is 60.9. The number of ketones is 3. The maximum absolute atomic E-state index is 13.9. The molecule has 1 aliphatic heterocycles. The summed E-state index contributed by atoms with van der Waals surface area (Å²) < 4.78 is 28.4. The number of aromatic hydroxyl groups is 2. The number of hydrogen-bond donors (Lipinski definition) is 7. The first-order chi connectivity index (χ1) is 27.4. The van der Waals surface area contributed by atoms with Gasteiger partial charge >= 0.3 is 0 Å². The van der Waals surface area contributed by atoms with Crippen LogP contribution in [0.15, 0.2) is 18.2 Å². The van der Waals surface area contributed by atoms with Crippen LogP contribution in [0, 0.1) is 5.41 Å². The average molecular weight is 815 g/mol. The van der Waals surface area contributed by atoms with E-state index in [0.717, 1.165) is 6.42 Å². The lowest BCUT2D eigenvalue weighted by Gasteiger charge is -2.43. The van der Waals surface area contributed by atoms with Crippen LogP contribution in [-0.4, -0.2) is 132 Å². The monoisotopic (exact) mass is 814 g/mol. The minimum absolute atomic E-state index is 0.0550. The molecule has 2 aromatic carbocycles. The van der Waals surface area contributed by atoms with Gasteiger partial charge in [0.15, 0.2) is 17.9 Å². The van der Waals surface area contributed by atoms with Gasteiger partial charge in [-0.3, -0.25) is 24.0 Å². The zero-order valence-electron chi connectivity index (χ0n) is 33.4. The fourth-order valence-electron chi connectivity index (χ4n) is 7.42. The molecule has 0 spiro atoms. The van der Waals surface area contributed by atoms with Crippen LogP contribution in [0.1, 0.15) is 109 Å². The van der Waals surface area contributed by atoms with Crippen LogP contribution in [0.4, 0.5) is 0 Å². The van der Waals surface area contributed by atoms with Gasteiger partial charge in [0.25, 0.3) is 0 Å². The summed E-state index contributed by atoms with van der Waals surface area (Å²) in [6, 6.07) is 3.34. The number of carbonyl (C=O) groups is 5. The van der Waals surface area contributed by atoms with Crippen LogP contribution < -0.4 is 15.4 Å². The number of rotatable bonds is 17. The highest BCUT2D eigenvalue weighted by Crippen LogP contribution is 2.52. The number of Topliss-reactive ketones (excluding diaryl/α,β-unsaturated/α-hetero) is 1. The predicted octanol–water partition coefficient (Wildman–Crippen LogP) is 1.52. The molecule has 7 N–H and O–H groups in total. The highest BCUT2D eigenvalue weighted by Gasteiger charge is 2.50. The van der Waals surface area contributed by atoms with Gasteiger partial charge in [-0.1, -0.05) is 32.9 Å². The maximum atomic E-state index is 13.9. The van der Waals surface area contributed by atoms with Crippen molar-refractivity contribution >= 4 is 29.2 Å². The fourth-order valence-corrected chi connectivity index (χ4v) is 7.42. The molecule has 2 aliphatic carbocycles. The van der Waals surface area contributed by atoms with Crippen molar-refractivity contribution in [1.29, 1.82) is 0 Å². The van der Waals surface area contributed by atoms with Crippen molar-refractivity contribution in [2.24, 2.45) is 5.41 Å². The molecule has 6 atom stereocenters. The van der Waals surface area contributed by atoms with Crippen molar-refractivity contribution in [2.45, 2.75) is 102 Å². The van der Waals surface area contributed by atoms with Gasteiger partial charge in [-0.05, 0) is 24.8 Å². The van der Waals surface area contributed by atoms with Crippen LogP contribution in [0.3, 0.4) is 0 Å². The Bertz CT molecular complexity index is 1890. The lowest BCUT2D eigenvalue weighted by atomic mass is 9.72. The number of phenols is 2. The lowest BCUT2D eigenvalue weighted by Crippen LogP contribution is -2.56. The first-order valence-corrected chi connectivity index (χ1v) is 19.3. The molecule has 2 amide bonds. The Morgan fingerprint density at radius 3 is 2.29 bits per heavy atom. The van der Waals surface area contributed by atoms with Crippen LogP contribution in [0.25, 0.3) is 0 Å². The quantitative estimate of drug-likeness (QED) is 0.0754. The van der Waals surface area contributed by atoms with Gasteiger partial charge in [0.05, 0.1) is 61.9 Å². The molecule has 0 aromatic heterocycles. The van der Waals surface area contributed by atoms with Crippen molar-refractivity contribution in [2.75, 3.05) is 46.7 Å². The molecule has 0 bridgehead atoms. The minimum atomic E-state index is -2.35. The number of hydrogen-bond acceptors (Lipinski definition) is 15. The third-order valence-electron chi connectivity index (χ3n) is 10.6. The Hall–Kier alpha value is -4.49. The predicted molar refractivity (Wildman–Crippen MR) is 204 cm³/mol. The van der Waals surface area contributed by atoms with Crippen LogP contribution in [0.5, 0.6) is 17.2 Å². The number of benzene rings is 2. The molecule has 17 nitrogen and oxygen atoms in total. The summed E-state index contributed by atoms with van der Waals surface area (Å²) in [6.07, 6.45) is -5.74. The molecule has 0 radical (unpaired) electrons. The number of ether oxygens (including phenoxy) is 5. The largest absolute Gasteiger partial charge is 0.507 e. The second-order valence-corrected chi connectivity index (χ2v) is 16.1. The van der Waals surface area contributed by atoms with Crippen molar-refractivity contribution in [3.8, 4) is 17.2 Å². The van der Waals surface area contributed by atoms with Gasteiger partial charge in [0.1, 0.15) is 35.6 Å². The van der Waals surface area contributed by atoms with Gasteiger partial charge in [-0.15, -0.1) is 0 Å². The Kier molecular flexibility index (Phi) is 14.3. The molecule has 0 saturated carbocycles. The van der Waals surface area contributed by atoms with E-state index in [4.69, 9.17) is 23.7 Å². The molecule has 318 valence electrons. The third kappa shape index (κ3) is 9.85. The van der Waals surface area contributed by atoms with E-state index >= 15 is 0 Å². The van der Waals surface area contributed by atoms with Gasteiger partial charge in [0.2, 0.25) is 17.6 Å². The minimum Gasteiger partial charge on any atom is -0.507 e. The van der Waals surface area contributed by atoms with Crippen LogP contribution >= 0.6 is 0 Å². The number of fused-ring (bicyclic) bond motifs is 3. The van der Waals surface area contributed by atoms with E-state index < -0.39 is 102 Å². The van der Waals surface area contributed by atoms with Gasteiger partial charge in [0, 0.05) is 61.9 Å². The standard InChI is InChI=1S/C41H54N2O15/c1-21-35(48)24(43-29(47)10-9-28(46)42-12-14-56-16-15-55-13-11-40(2,3)4)17-30(57-21)58-26-19-41(53,27(45)20-44)18-23-32(26)39(52)34-33(37(23)50)36(49)22-7-6-8-25(54-5)31(22)38(34)51/h6-8,21,24,26,30,35,44,48,50,52-53H,9-20H2,1-5H3,(H,42,46)(H,43,47)/t21-,24-,26-,30?,35+,41-/m0/s1. The number of nitrogens with one attached hydrogen (secondary N) is 2. The smallest absolute Gasteiger partial charge is 0.220 e. The fraction of sp³-hybridized carbons (Fsp3) is 0.585. The topological polar surface area (TPSA) is 257 Å². The van der Waals surface area contributed by atoms with Gasteiger partial charge in [-0.2, -0.15) is 0 Å². The SMILES string of the molecule is COc1cccc2c1C(=O)c1c(O)c3c(c(O)c1C2=O)C[C@@](O)(C(=O)CO)C[C@@H]3OC1C[C@H](NC(=O)CCC(=O)NCCOCCOCCC(C)(C)C)[C@H](O)[C@H](C)O1. The van der Waals surface area contributed by atoms with E-state index in [9.17, 15) is 49.5 Å².